The van der Waals surface area contributed by atoms with Gasteiger partial charge < -0.3 is 19.9 Å². The molecule has 1 aromatic rings. The predicted octanol–water partition coefficient (Wildman–Crippen LogP) is 3.03. The maximum absolute atomic E-state index is 5.34. The molecule has 0 bridgehead atoms. The Morgan fingerprint density at radius 2 is 2.08 bits per heavy atom. The van der Waals surface area contributed by atoms with Crippen molar-refractivity contribution in [2.45, 2.75) is 53.6 Å². The number of guanidine groups is 1. The Labute approximate surface area is 163 Å². The van der Waals surface area contributed by atoms with Gasteiger partial charge >= 0.3 is 0 Å². The van der Waals surface area contributed by atoms with Crippen molar-refractivity contribution in [3.05, 3.63) is 18.2 Å². The summed E-state index contributed by atoms with van der Waals surface area (Å²) in [5, 5.41) is 6.64. The second-order valence-corrected chi connectivity index (χ2v) is 5.92. The number of nitrogens with zero attached hydrogens (tertiary/aromatic N) is 3. The maximum Gasteiger partial charge on any atom is 0.191 e. The van der Waals surface area contributed by atoms with Gasteiger partial charge in [-0.05, 0) is 32.6 Å². The molecule has 0 radical (unpaired) electrons. The Hall–Kier alpha value is -0.830. The van der Waals surface area contributed by atoms with Crippen LogP contribution >= 0.6 is 24.0 Å². The largest absolute Gasteiger partial charge is 0.382 e. The topological polar surface area (TPSA) is 63.5 Å². The molecule has 1 heterocycles. The fraction of sp³-hybridized carbons (Fsp3) is 0.765. The minimum Gasteiger partial charge on any atom is -0.382 e. The van der Waals surface area contributed by atoms with Crippen LogP contribution in [0, 0.1) is 5.92 Å². The van der Waals surface area contributed by atoms with Gasteiger partial charge in [0.2, 0.25) is 0 Å². The molecule has 0 fully saturated rings. The molecule has 24 heavy (non-hydrogen) atoms. The summed E-state index contributed by atoms with van der Waals surface area (Å²) < 4.78 is 7.52. The molecule has 0 aliphatic rings. The van der Waals surface area contributed by atoms with Gasteiger partial charge in [0.15, 0.2) is 5.96 Å². The van der Waals surface area contributed by atoms with E-state index in [0.29, 0.717) is 12.5 Å². The van der Waals surface area contributed by atoms with Gasteiger partial charge in [-0.1, -0.05) is 13.8 Å². The highest BCUT2D eigenvalue weighted by Crippen LogP contribution is 2.04. The maximum atomic E-state index is 5.34. The number of aromatic nitrogens is 2. The molecule has 140 valence electrons. The fourth-order valence-corrected chi connectivity index (χ4v) is 2.22. The van der Waals surface area contributed by atoms with Gasteiger partial charge in [0.25, 0.3) is 0 Å². The average Bonchev–Trinajstić information content (AvgIpc) is 2.94. The summed E-state index contributed by atoms with van der Waals surface area (Å²) in [6, 6.07) is 0. The highest BCUT2D eigenvalue weighted by Gasteiger charge is 2.05. The molecule has 0 saturated carbocycles. The minimum atomic E-state index is 0. The van der Waals surface area contributed by atoms with Crippen molar-refractivity contribution in [2.75, 3.05) is 26.3 Å². The average molecular weight is 451 g/mol. The van der Waals surface area contributed by atoms with E-state index in [4.69, 9.17) is 4.74 Å². The van der Waals surface area contributed by atoms with E-state index in [1.165, 1.54) is 0 Å². The first-order valence-corrected chi connectivity index (χ1v) is 8.77. The standard InChI is InChI=1S/C17H33N5O.HI/c1-5-18-17(20-9-7-8-12-23-6-2)21-13-16-19-10-11-22(16)14-15(3)4;/h10-11,15H,5-9,12-14H2,1-4H3,(H2,18,20,21);1H. The summed E-state index contributed by atoms with van der Waals surface area (Å²) in [7, 11) is 0. The van der Waals surface area contributed by atoms with Crippen LogP contribution in [-0.4, -0.2) is 41.8 Å². The number of nitrogens with one attached hydrogen (secondary N) is 2. The van der Waals surface area contributed by atoms with Crippen molar-refractivity contribution < 1.29 is 4.74 Å². The Bertz CT molecular complexity index is 448. The van der Waals surface area contributed by atoms with Gasteiger partial charge in [-0.15, -0.1) is 24.0 Å². The Kier molecular flexibility index (Phi) is 14.0. The number of ether oxygens (including phenoxy) is 1. The number of halogens is 1. The van der Waals surface area contributed by atoms with Gasteiger partial charge in [0.1, 0.15) is 12.4 Å². The second kappa shape index (κ2) is 14.5. The van der Waals surface area contributed by atoms with Gasteiger partial charge in [0.05, 0.1) is 0 Å². The van der Waals surface area contributed by atoms with Crippen LogP contribution in [-0.2, 0) is 17.8 Å². The van der Waals surface area contributed by atoms with Crippen molar-refractivity contribution in [2.24, 2.45) is 10.9 Å². The smallest absolute Gasteiger partial charge is 0.191 e. The van der Waals surface area contributed by atoms with E-state index in [9.17, 15) is 0 Å². The van der Waals surface area contributed by atoms with Crippen LogP contribution in [0.1, 0.15) is 46.4 Å². The van der Waals surface area contributed by atoms with Gasteiger partial charge in [0, 0.05) is 45.2 Å². The number of hydrogen-bond donors (Lipinski definition) is 2. The summed E-state index contributed by atoms with van der Waals surface area (Å²) in [6.45, 7) is 13.5. The monoisotopic (exact) mass is 451 g/mol. The van der Waals surface area contributed by atoms with Crippen molar-refractivity contribution in [3.8, 4) is 0 Å². The third-order valence-electron chi connectivity index (χ3n) is 3.30. The summed E-state index contributed by atoms with van der Waals surface area (Å²) in [5.74, 6) is 2.46. The summed E-state index contributed by atoms with van der Waals surface area (Å²) in [5.41, 5.74) is 0. The molecular formula is C17H34IN5O. The van der Waals surface area contributed by atoms with Crippen LogP contribution in [0.3, 0.4) is 0 Å². The van der Waals surface area contributed by atoms with E-state index in [-0.39, 0.29) is 24.0 Å². The van der Waals surface area contributed by atoms with Crippen molar-refractivity contribution in [1.29, 1.82) is 0 Å². The molecule has 0 aliphatic heterocycles. The molecule has 0 saturated heterocycles. The number of aliphatic imine (C=N–C) groups is 1. The molecule has 0 aliphatic carbocycles. The lowest BCUT2D eigenvalue weighted by Crippen LogP contribution is -2.37. The van der Waals surface area contributed by atoms with E-state index < -0.39 is 0 Å². The van der Waals surface area contributed by atoms with E-state index >= 15 is 0 Å². The molecule has 1 rings (SSSR count). The van der Waals surface area contributed by atoms with E-state index in [0.717, 1.165) is 57.5 Å². The van der Waals surface area contributed by atoms with Crippen LogP contribution in [0.5, 0.6) is 0 Å². The normalized spacial score (nSPS) is 11.5. The first-order valence-electron chi connectivity index (χ1n) is 8.77. The quantitative estimate of drug-likeness (QED) is 0.235. The van der Waals surface area contributed by atoms with Crippen LogP contribution in [0.15, 0.2) is 17.4 Å². The molecule has 0 aromatic carbocycles. The molecule has 1 aromatic heterocycles. The van der Waals surface area contributed by atoms with Crippen LogP contribution in [0.4, 0.5) is 0 Å². The molecular weight excluding hydrogens is 417 g/mol. The molecule has 6 nitrogen and oxygen atoms in total. The molecule has 0 spiro atoms. The van der Waals surface area contributed by atoms with Gasteiger partial charge in [-0.2, -0.15) is 0 Å². The molecule has 2 N–H and O–H groups in total. The van der Waals surface area contributed by atoms with Crippen LogP contribution in [0.2, 0.25) is 0 Å². The van der Waals surface area contributed by atoms with E-state index in [2.05, 4.69) is 45.9 Å². The highest BCUT2D eigenvalue weighted by atomic mass is 127. The minimum absolute atomic E-state index is 0. The predicted molar refractivity (Wildman–Crippen MR) is 111 cm³/mol. The summed E-state index contributed by atoms with van der Waals surface area (Å²) in [4.78, 5) is 9.05. The second-order valence-electron chi connectivity index (χ2n) is 5.92. The first-order chi connectivity index (χ1) is 11.2. The Balaban J connectivity index is 0.00000529. The zero-order valence-corrected chi connectivity index (χ0v) is 17.9. The summed E-state index contributed by atoms with van der Waals surface area (Å²) in [6.07, 6.45) is 6.02. The SMILES string of the molecule is CCNC(=NCc1nccn1CC(C)C)NCCCCOCC.I. The zero-order valence-electron chi connectivity index (χ0n) is 15.5. The Morgan fingerprint density at radius 1 is 1.29 bits per heavy atom. The van der Waals surface area contributed by atoms with Crippen LogP contribution < -0.4 is 10.6 Å². The zero-order chi connectivity index (χ0) is 16.9. The lowest BCUT2D eigenvalue weighted by Gasteiger charge is -2.12. The van der Waals surface area contributed by atoms with E-state index in [1.54, 1.807) is 0 Å². The first kappa shape index (κ1) is 23.2. The third-order valence-corrected chi connectivity index (χ3v) is 3.30. The highest BCUT2D eigenvalue weighted by molar-refractivity contribution is 14.0. The van der Waals surface area contributed by atoms with Crippen LogP contribution in [0.25, 0.3) is 0 Å². The fourth-order valence-electron chi connectivity index (χ4n) is 2.22. The lowest BCUT2D eigenvalue weighted by molar-refractivity contribution is 0.143. The van der Waals surface area contributed by atoms with Crippen molar-refractivity contribution in [3.63, 3.8) is 0 Å². The van der Waals surface area contributed by atoms with Crippen molar-refractivity contribution in [1.82, 2.24) is 20.2 Å². The van der Waals surface area contributed by atoms with Gasteiger partial charge in [-0.25, -0.2) is 9.98 Å². The summed E-state index contributed by atoms with van der Waals surface area (Å²) >= 11 is 0. The number of imidazole rings is 1. The number of hydrogen-bond acceptors (Lipinski definition) is 3. The van der Waals surface area contributed by atoms with E-state index in [1.807, 2.05) is 19.3 Å². The third kappa shape index (κ3) is 10.1. The number of rotatable bonds is 11. The molecule has 0 amide bonds. The number of unbranched alkanes of at least 4 members (excludes halogenated alkanes) is 1. The van der Waals surface area contributed by atoms with Gasteiger partial charge in [-0.3, -0.25) is 0 Å². The lowest BCUT2D eigenvalue weighted by atomic mass is 10.2. The molecule has 0 atom stereocenters. The molecule has 0 unspecified atom stereocenters. The van der Waals surface area contributed by atoms with Crippen molar-refractivity contribution >= 4 is 29.9 Å². The Morgan fingerprint density at radius 3 is 2.75 bits per heavy atom. The molecule has 7 heteroatoms.